The molecule has 0 amide bonds. The molecule has 0 saturated carbocycles. The topological polar surface area (TPSA) is 99.1 Å². The Balaban J connectivity index is 1.72. The van der Waals surface area contributed by atoms with E-state index in [0.29, 0.717) is 6.54 Å². The Morgan fingerprint density at radius 3 is 2.34 bits per heavy atom. The van der Waals surface area contributed by atoms with Crippen LogP contribution in [0.2, 0.25) is 0 Å². The molecule has 1 aliphatic rings. The Hall–Kier alpha value is -1.81. The summed E-state index contributed by atoms with van der Waals surface area (Å²) < 4.78 is 33.6. The molecule has 1 saturated heterocycles. The summed E-state index contributed by atoms with van der Waals surface area (Å²) in [4.78, 5) is 2.11. The number of hydrogen-bond donors (Lipinski definition) is 3. The van der Waals surface area contributed by atoms with Gasteiger partial charge in [-0.3, -0.25) is 4.90 Å². The van der Waals surface area contributed by atoms with Crippen LogP contribution >= 0.6 is 0 Å². The summed E-state index contributed by atoms with van der Waals surface area (Å²) in [5.41, 5.74) is 2.04. The van der Waals surface area contributed by atoms with Crippen molar-refractivity contribution in [1.82, 2.24) is 9.62 Å². The minimum Gasteiger partial charge on any atom is -0.394 e. The van der Waals surface area contributed by atoms with Crippen molar-refractivity contribution in [3.8, 4) is 0 Å². The Labute approximate surface area is 172 Å². The number of benzene rings is 2. The van der Waals surface area contributed by atoms with Crippen LogP contribution in [-0.2, 0) is 21.3 Å². The van der Waals surface area contributed by atoms with Crippen LogP contribution in [0.5, 0.6) is 0 Å². The highest BCUT2D eigenvalue weighted by molar-refractivity contribution is 7.89. The fourth-order valence-electron chi connectivity index (χ4n) is 3.66. The van der Waals surface area contributed by atoms with Gasteiger partial charge in [0.05, 0.1) is 23.6 Å². The predicted octanol–water partition coefficient (Wildman–Crippen LogP) is 0.895. The fraction of sp³-hybridized carbons (Fsp3) is 0.429. The average Bonchev–Trinajstić information content (AvgIpc) is 3.03. The van der Waals surface area contributed by atoms with Crippen molar-refractivity contribution in [2.45, 2.75) is 42.7 Å². The van der Waals surface area contributed by atoms with Crippen molar-refractivity contribution in [1.29, 1.82) is 0 Å². The first-order chi connectivity index (χ1) is 13.8. The molecule has 8 heteroatoms. The summed E-state index contributed by atoms with van der Waals surface area (Å²) in [5, 5.41) is 20.2. The summed E-state index contributed by atoms with van der Waals surface area (Å²) in [6, 6.07) is 15.9. The van der Waals surface area contributed by atoms with Gasteiger partial charge in [0.25, 0.3) is 0 Å². The van der Waals surface area contributed by atoms with Crippen LogP contribution in [0.25, 0.3) is 0 Å². The fourth-order valence-corrected chi connectivity index (χ4v) is 4.70. The highest BCUT2D eigenvalue weighted by Gasteiger charge is 2.45. The average molecular weight is 421 g/mol. The number of ether oxygens (including phenoxy) is 1. The van der Waals surface area contributed by atoms with E-state index in [0.717, 1.165) is 11.1 Å². The van der Waals surface area contributed by atoms with E-state index in [1.807, 2.05) is 49.2 Å². The van der Waals surface area contributed by atoms with Crippen LogP contribution in [-0.4, -0.2) is 68.1 Å². The molecule has 1 aliphatic heterocycles. The summed E-state index contributed by atoms with van der Waals surface area (Å²) in [6.07, 6.45) is -2.29. The van der Waals surface area contributed by atoms with Gasteiger partial charge >= 0.3 is 0 Å². The summed E-state index contributed by atoms with van der Waals surface area (Å²) in [6.45, 7) is 2.11. The minimum absolute atomic E-state index is 0.00638. The van der Waals surface area contributed by atoms with Crippen molar-refractivity contribution in [3.05, 3.63) is 65.7 Å². The zero-order chi connectivity index (χ0) is 21.0. The Morgan fingerprint density at radius 1 is 1.07 bits per heavy atom. The van der Waals surface area contributed by atoms with Gasteiger partial charge in [-0.15, -0.1) is 0 Å². The molecule has 1 heterocycles. The second-order valence-corrected chi connectivity index (χ2v) is 9.21. The molecule has 0 spiro atoms. The predicted molar refractivity (Wildman–Crippen MR) is 110 cm³/mol. The van der Waals surface area contributed by atoms with E-state index in [4.69, 9.17) is 4.74 Å². The van der Waals surface area contributed by atoms with Gasteiger partial charge < -0.3 is 14.9 Å². The van der Waals surface area contributed by atoms with E-state index in [9.17, 15) is 18.6 Å². The SMILES string of the molecule is Cc1ccc(S(=O)(=O)NC[C@H]2O[C@@H](CO)[C@@H](O)[C@H]2N(C)Cc2ccccc2)cc1. The van der Waals surface area contributed by atoms with Gasteiger partial charge in [0.2, 0.25) is 10.0 Å². The van der Waals surface area contributed by atoms with Crippen molar-refractivity contribution in [2.75, 3.05) is 20.2 Å². The number of aliphatic hydroxyl groups excluding tert-OH is 2. The molecule has 0 aliphatic carbocycles. The molecule has 158 valence electrons. The molecular weight excluding hydrogens is 392 g/mol. The van der Waals surface area contributed by atoms with Crippen LogP contribution < -0.4 is 4.72 Å². The number of rotatable bonds is 8. The van der Waals surface area contributed by atoms with E-state index in [-0.39, 0.29) is 18.0 Å². The van der Waals surface area contributed by atoms with Gasteiger partial charge in [-0.05, 0) is 31.7 Å². The third-order valence-corrected chi connectivity index (χ3v) is 6.67. The maximum absolute atomic E-state index is 12.6. The molecule has 2 aromatic carbocycles. The highest BCUT2D eigenvalue weighted by Crippen LogP contribution is 2.26. The van der Waals surface area contributed by atoms with E-state index in [1.165, 1.54) is 0 Å². The van der Waals surface area contributed by atoms with Crippen LogP contribution in [0.15, 0.2) is 59.5 Å². The lowest BCUT2D eigenvalue weighted by atomic mass is 10.0. The Kier molecular flexibility index (Phi) is 7.05. The minimum atomic E-state index is -3.71. The van der Waals surface area contributed by atoms with E-state index in [1.54, 1.807) is 24.3 Å². The number of aryl methyl sites for hydroxylation is 1. The van der Waals surface area contributed by atoms with Crippen molar-refractivity contribution in [3.63, 3.8) is 0 Å². The standard InChI is InChI=1S/C21H28N2O5S/c1-15-8-10-17(11-9-15)29(26,27)22-12-18-20(21(25)19(14-24)28-18)23(2)13-16-6-4-3-5-7-16/h3-11,18-22,24-25H,12-14H2,1-2H3/t18-,19+,20+,21-/m1/s1. The van der Waals surface area contributed by atoms with Gasteiger partial charge in [0.15, 0.2) is 0 Å². The second-order valence-electron chi connectivity index (χ2n) is 7.44. The van der Waals surface area contributed by atoms with Gasteiger partial charge in [-0.2, -0.15) is 0 Å². The lowest BCUT2D eigenvalue weighted by Gasteiger charge is -2.30. The number of hydrogen-bond acceptors (Lipinski definition) is 6. The van der Waals surface area contributed by atoms with Crippen molar-refractivity contribution >= 4 is 10.0 Å². The molecular formula is C21H28N2O5S. The molecule has 7 nitrogen and oxygen atoms in total. The number of sulfonamides is 1. The summed E-state index contributed by atoms with van der Waals surface area (Å²) in [7, 11) is -1.85. The quantitative estimate of drug-likeness (QED) is 0.587. The molecule has 3 rings (SSSR count). The molecule has 0 aromatic heterocycles. The molecule has 3 N–H and O–H groups in total. The third kappa shape index (κ3) is 5.22. The molecule has 0 radical (unpaired) electrons. The molecule has 4 atom stereocenters. The first kappa shape index (κ1) is 21.9. The lowest BCUT2D eigenvalue weighted by Crippen LogP contribution is -2.49. The van der Waals surface area contributed by atoms with Crippen molar-refractivity contribution < 1.29 is 23.4 Å². The third-order valence-electron chi connectivity index (χ3n) is 5.23. The zero-order valence-electron chi connectivity index (χ0n) is 16.6. The van der Waals surface area contributed by atoms with Crippen LogP contribution in [0.3, 0.4) is 0 Å². The van der Waals surface area contributed by atoms with Crippen LogP contribution in [0.4, 0.5) is 0 Å². The Bertz CT molecular complexity index is 889. The maximum Gasteiger partial charge on any atom is 0.240 e. The maximum atomic E-state index is 12.6. The molecule has 2 aromatic rings. The molecule has 0 unspecified atom stereocenters. The number of likely N-dealkylation sites (N-methyl/N-ethyl adjacent to an activating group) is 1. The van der Waals surface area contributed by atoms with Crippen LogP contribution in [0, 0.1) is 6.92 Å². The lowest BCUT2D eigenvalue weighted by molar-refractivity contribution is -0.0201. The first-order valence-corrected chi connectivity index (χ1v) is 11.0. The van der Waals surface area contributed by atoms with Crippen molar-refractivity contribution in [2.24, 2.45) is 0 Å². The van der Waals surface area contributed by atoms with E-state index >= 15 is 0 Å². The summed E-state index contributed by atoms with van der Waals surface area (Å²) >= 11 is 0. The van der Waals surface area contributed by atoms with Crippen LogP contribution in [0.1, 0.15) is 11.1 Å². The zero-order valence-corrected chi connectivity index (χ0v) is 17.4. The van der Waals surface area contributed by atoms with Gasteiger partial charge in [-0.1, -0.05) is 48.0 Å². The number of nitrogens with zero attached hydrogens (tertiary/aromatic N) is 1. The van der Waals surface area contributed by atoms with Gasteiger partial charge in [0, 0.05) is 13.1 Å². The smallest absolute Gasteiger partial charge is 0.240 e. The number of aliphatic hydroxyl groups is 2. The summed E-state index contributed by atoms with van der Waals surface area (Å²) in [5.74, 6) is 0. The Morgan fingerprint density at radius 2 is 1.72 bits per heavy atom. The highest BCUT2D eigenvalue weighted by atomic mass is 32.2. The molecule has 29 heavy (non-hydrogen) atoms. The van der Waals surface area contributed by atoms with E-state index < -0.39 is 34.4 Å². The first-order valence-electron chi connectivity index (χ1n) is 9.56. The van der Waals surface area contributed by atoms with E-state index in [2.05, 4.69) is 4.72 Å². The monoisotopic (exact) mass is 420 g/mol. The van der Waals surface area contributed by atoms with Gasteiger partial charge in [0.1, 0.15) is 12.2 Å². The normalized spacial score (nSPS) is 24.9. The number of nitrogens with one attached hydrogen (secondary N) is 1. The molecule has 1 fully saturated rings. The second kappa shape index (κ2) is 9.34. The van der Waals surface area contributed by atoms with Gasteiger partial charge in [-0.25, -0.2) is 13.1 Å². The molecule has 0 bridgehead atoms. The largest absolute Gasteiger partial charge is 0.394 e.